The molecule has 2 N–H and O–H groups in total. The van der Waals surface area contributed by atoms with Crippen LogP contribution in [0.3, 0.4) is 0 Å². The Morgan fingerprint density at radius 3 is 2.26 bits per heavy atom. The van der Waals surface area contributed by atoms with Gasteiger partial charge in [0.05, 0.1) is 0 Å². The van der Waals surface area contributed by atoms with Crippen molar-refractivity contribution in [3.05, 3.63) is 48.0 Å². The Kier molecular flexibility index (Phi) is 3.91. The van der Waals surface area contributed by atoms with E-state index in [-0.39, 0.29) is 5.41 Å². The van der Waals surface area contributed by atoms with Gasteiger partial charge in [-0.2, -0.15) is 0 Å². The zero-order valence-electron chi connectivity index (χ0n) is 12.0. The molecule has 0 aliphatic heterocycles. The number of thioether (sulfide) groups is 1. The normalized spacial score (nSPS) is 11.6. The van der Waals surface area contributed by atoms with E-state index in [1.807, 2.05) is 6.07 Å². The molecular weight excluding hydrogens is 250 g/mol. The molecule has 100 valence electrons. The van der Waals surface area contributed by atoms with E-state index in [0.29, 0.717) is 0 Å². The second-order valence-corrected chi connectivity index (χ2v) is 6.60. The number of anilines is 1. The Balaban J connectivity index is 2.61. The molecule has 0 atom stereocenters. The maximum absolute atomic E-state index is 6.18. The van der Waals surface area contributed by atoms with Crippen LogP contribution in [0.5, 0.6) is 0 Å². The molecule has 0 aliphatic carbocycles. The first-order valence-corrected chi connectivity index (χ1v) is 7.69. The first-order chi connectivity index (χ1) is 8.93. The van der Waals surface area contributed by atoms with Crippen molar-refractivity contribution in [2.45, 2.75) is 31.1 Å². The highest BCUT2D eigenvalue weighted by molar-refractivity contribution is 7.98. The molecule has 0 saturated carbocycles. The van der Waals surface area contributed by atoms with Crippen molar-refractivity contribution in [2.24, 2.45) is 0 Å². The summed E-state index contributed by atoms with van der Waals surface area (Å²) in [4.78, 5) is 1.26. The van der Waals surface area contributed by atoms with Gasteiger partial charge in [-0.1, -0.05) is 45.0 Å². The van der Waals surface area contributed by atoms with Crippen LogP contribution < -0.4 is 5.73 Å². The molecule has 0 radical (unpaired) electrons. The molecule has 2 aromatic carbocycles. The van der Waals surface area contributed by atoms with Crippen molar-refractivity contribution in [1.82, 2.24) is 0 Å². The zero-order chi connectivity index (χ0) is 14.0. The van der Waals surface area contributed by atoms with Crippen molar-refractivity contribution in [1.29, 1.82) is 0 Å². The maximum Gasteiger partial charge on any atom is 0.0394 e. The van der Waals surface area contributed by atoms with Crippen molar-refractivity contribution >= 4 is 17.4 Å². The summed E-state index contributed by atoms with van der Waals surface area (Å²) in [6.45, 7) is 6.67. The number of hydrogen-bond acceptors (Lipinski definition) is 2. The van der Waals surface area contributed by atoms with Gasteiger partial charge >= 0.3 is 0 Å². The van der Waals surface area contributed by atoms with Crippen LogP contribution in [0.2, 0.25) is 0 Å². The number of rotatable bonds is 2. The summed E-state index contributed by atoms with van der Waals surface area (Å²) < 4.78 is 0. The van der Waals surface area contributed by atoms with E-state index >= 15 is 0 Å². The lowest BCUT2D eigenvalue weighted by Crippen LogP contribution is -2.11. The van der Waals surface area contributed by atoms with Crippen LogP contribution in [-0.4, -0.2) is 6.26 Å². The standard InChI is InChI=1S/C17H21NS/c1-17(2,3)12-9-10-15(18)14(11-12)13-7-5-6-8-16(13)19-4/h5-11H,18H2,1-4H3. The summed E-state index contributed by atoms with van der Waals surface area (Å²) in [5.74, 6) is 0. The Labute approximate surface area is 120 Å². The molecule has 0 spiro atoms. The van der Waals surface area contributed by atoms with Gasteiger partial charge < -0.3 is 5.73 Å². The van der Waals surface area contributed by atoms with Crippen molar-refractivity contribution in [3.63, 3.8) is 0 Å². The van der Waals surface area contributed by atoms with Gasteiger partial charge in [0.15, 0.2) is 0 Å². The zero-order valence-corrected chi connectivity index (χ0v) is 12.8. The van der Waals surface area contributed by atoms with Crippen LogP contribution in [0.4, 0.5) is 5.69 Å². The highest BCUT2D eigenvalue weighted by Gasteiger charge is 2.16. The van der Waals surface area contributed by atoms with Crippen LogP contribution in [0.25, 0.3) is 11.1 Å². The third kappa shape index (κ3) is 2.95. The molecule has 0 unspecified atom stereocenters. The van der Waals surface area contributed by atoms with E-state index in [1.54, 1.807) is 11.8 Å². The SMILES string of the molecule is CSc1ccccc1-c1cc(C(C)(C)C)ccc1N. The maximum atomic E-state index is 6.18. The average molecular weight is 271 g/mol. The first kappa shape index (κ1) is 14.0. The third-order valence-corrected chi connectivity index (χ3v) is 4.11. The van der Waals surface area contributed by atoms with Crippen LogP contribution in [0.1, 0.15) is 26.3 Å². The predicted octanol–water partition coefficient (Wildman–Crippen LogP) is 4.96. The number of benzene rings is 2. The van der Waals surface area contributed by atoms with Gasteiger partial charge in [0, 0.05) is 16.1 Å². The van der Waals surface area contributed by atoms with Gasteiger partial charge in [-0.15, -0.1) is 11.8 Å². The van der Waals surface area contributed by atoms with E-state index < -0.39 is 0 Å². The molecule has 0 heterocycles. The van der Waals surface area contributed by atoms with Crippen LogP contribution in [0, 0.1) is 0 Å². The fraction of sp³-hybridized carbons (Fsp3) is 0.294. The molecule has 0 saturated heterocycles. The summed E-state index contributed by atoms with van der Waals surface area (Å²) in [7, 11) is 0. The molecule has 0 aromatic heterocycles. The summed E-state index contributed by atoms with van der Waals surface area (Å²) in [6, 6.07) is 14.8. The van der Waals surface area contributed by atoms with Crippen LogP contribution >= 0.6 is 11.8 Å². The van der Waals surface area contributed by atoms with Gasteiger partial charge in [0.25, 0.3) is 0 Å². The van der Waals surface area contributed by atoms with Crippen molar-refractivity contribution in [3.8, 4) is 11.1 Å². The minimum Gasteiger partial charge on any atom is -0.398 e. The number of hydrogen-bond donors (Lipinski definition) is 1. The smallest absolute Gasteiger partial charge is 0.0394 e. The lowest BCUT2D eigenvalue weighted by molar-refractivity contribution is 0.590. The molecule has 0 amide bonds. The summed E-state index contributed by atoms with van der Waals surface area (Å²) in [5, 5.41) is 0. The van der Waals surface area contributed by atoms with E-state index in [2.05, 4.69) is 63.4 Å². The first-order valence-electron chi connectivity index (χ1n) is 6.47. The molecule has 2 heteroatoms. The van der Waals surface area contributed by atoms with E-state index in [9.17, 15) is 0 Å². The van der Waals surface area contributed by atoms with Gasteiger partial charge in [0.1, 0.15) is 0 Å². The molecule has 0 bridgehead atoms. The quantitative estimate of drug-likeness (QED) is 0.617. The lowest BCUT2D eigenvalue weighted by atomic mass is 9.85. The Hall–Kier alpha value is -1.41. The number of nitrogen functional groups attached to an aromatic ring is 1. The molecular formula is C17H21NS. The van der Waals surface area contributed by atoms with Crippen molar-refractivity contribution < 1.29 is 0 Å². The molecule has 0 aliphatic rings. The summed E-state index contributed by atoms with van der Waals surface area (Å²) in [6.07, 6.45) is 2.10. The van der Waals surface area contributed by atoms with Gasteiger partial charge in [-0.3, -0.25) is 0 Å². The van der Waals surface area contributed by atoms with E-state index in [4.69, 9.17) is 5.73 Å². The fourth-order valence-electron chi connectivity index (χ4n) is 2.12. The Bertz CT molecular complexity index is 582. The average Bonchev–Trinajstić information content (AvgIpc) is 2.38. The fourth-order valence-corrected chi connectivity index (χ4v) is 2.74. The second-order valence-electron chi connectivity index (χ2n) is 5.75. The Morgan fingerprint density at radius 1 is 0.947 bits per heavy atom. The van der Waals surface area contributed by atoms with Crippen molar-refractivity contribution in [2.75, 3.05) is 12.0 Å². The summed E-state index contributed by atoms with van der Waals surface area (Å²) in [5.41, 5.74) is 10.8. The van der Waals surface area contributed by atoms with Gasteiger partial charge in [-0.25, -0.2) is 0 Å². The van der Waals surface area contributed by atoms with E-state index in [1.165, 1.54) is 16.0 Å². The minimum atomic E-state index is 0.136. The molecule has 19 heavy (non-hydrogen) atoms. The highest BCUT2D eigenvalue weighted by atomic mass is 32.2. The lowest BCUT2D eigenvalue weighted by Gasteiger charge is -2.21. The highest BCUT2D eigenvalue weighted by Crippen LogP contribution is 2.36. The van der Waals surface area contributed by atoms with Crippen LogP contribution in [-0.2, 0) is 5.41 Å². The largest absolute Gasteiger partial charge is 0.398 e. The van der Waals surface area contributed by atoms with Gasteiger partial charge in [-0.05, 0) is 41.0 Å². The molecule has 2 aromatic rings. The second kappa shape index (κ2) is 5.30. The molecule has 1 nitrogen and oxygen atoms in total. The summed E-state index contributed by atoms with van der Waals surface area (Å²) >= 11 is 1.76. The minimum absolute atomic E-state index is 0.136. The molecule has 0 fully saturated rings. The van der Waals surface area contributed by atoms with E-state index in [0.717, 1.165) is 11.3 Å². The predicted molar refractivity (Wildman–Crippen MR) is 86.8 cm³/mol. The topological polar surface area (TPSA) is 26.0 Å². The number of nitrogens with two attached hydrogens (primary N) is 1. The van der Waals surface area contributed by atoms with Gasteiger partial charge in [0.2, 0.25) is 0 Å². The monoisotopic (exact) mass is 271 g/mol. The Morgan fingerprint density at radius 2 is 1.63 bits per heavy atom. The third-order valence-electron chi connectivity index (χ3n) is 3.32. The molecule has 2 rings (SSSR count). The van der Waals surface area contributed by atoms with Crippen LogP contribution in [0.15, 0.2) is 47.4 Å².